The SMILES string of the molecule is O=C(CN(C1CC1)S(=O)(=O)c1cccc(F)c1)NC1CC1. The molecule has 0 radical (unpaired) electrons. The van der Waals surface area contributed by atoms with Crippen LogP contribution in [0.1, 0.15) is 25.7 Å². The van der Waals surface area contributed by atoms with Gasteiger partial charge in [0.05, 0.1) is 11.4 Å². The Morgan fingerprint density at radius 1 is 1.29 bits per heavy atom. The normalized spacial score (nSPS) is 18.8. The molecule has 2 aliphatic carbocycles. The van der Waals surface area contributed by atoms with Gasteiger partial charge in [-0.3, -0.25) is 4.79 Å². The van der Waals surface area contributed by atoms with Crippen molar-refractivity contribution in [1.29, 1.82) is 0 Å². The number of hydrogen-bond acceptors (Lipinski definition) is 3. The number of carbonyl (C=O) groups excluding carboxylic acids is 1. The highest BCUT2D eigenvalue weighted by Gasteiger charge is 2.39. The van der Waals surface area contributed by atoms with Gasteiger partial charge >= 0.3 is 0 Å². The molecule has 1 amide bonds. The molecule has 5 nitrogen and oxygen atoms in total. The van der Waals surface area contributed by atoms with Crippen LogP contribution in [-0.4, -0.2) is 37.3 Å². The third kappa shape index (κ3) is 3.41. The molecule has 0 bridgehead atoms. The van der Waals surface area contributed by atoms with Crippen molar-refractivity contribution in [2.24, 2.45) is 0 Å². The van der Waals surface area contributed by atoms with Crippen molar-refractivity contribution in [3.05, 3.63) is 30.1 Å². The zero-order chi connectivity index (χ0) is 15.0. The Bertz CT molecular complexity index is 654. The molecule has 1 aromatic rings. The van der Waals surface area contributed by atoms with Gasteiger partial charge in [-0.1, -0.05) is 6.07 Å². The standard InChI is InChI=1S/C14H17FN2O3S/c15-10-2-1-3-13(8-10)21(19,20)17(12-6-7-12)9-14(18)16-11-4-5-11/h1-3,8,11-12H,4-7,9H2,(H,16,18). The Balaban J connectivity index is 1.80. The van der Waals surface area contributed by atoms with E-state index < -0.39 is 15.8 Å². The van der Waals surface area contributed by atoms with Gasteiger partial charge in [0.1, 0.15) is 5.82 Å². The van der Waals surface area contributed by atoms with E-state index in [-0.39, 0.29) is 29.4 Å². The quantitative estimate of drug-likeness (QED) is 0.860. The summed E-state index contributed by atoms with van der Waals surface area (Å²) in [5.74, 6) is -0.890. The summed E-state index contributed by atoms with van der Waals surface area (Å²) in [6.07, 6.45) is 3.38. The van der Waals surface area contributed by atoms with Gasteiger partial charge in [-0.05, 0) is 43.9 Å². The smallest absolute Gasteiger partial charge is 0.243 e. The van der Waals surface area contributed by atoms with Crippen molar-refractivity contribution in [1.82, 2.24) is 9.62 Å². The van der Waals surface area contributed by atoms with Crippen molar-refractivity contribution in [2.45, 2.75) is 42.7 Å². The van der Waals surface area contributed by atoms with Crippen LogP contribution in [0.2, 0.25) is 0 Å². The topological polar surface area (TPSA) is 66.5 Å². The van der Waals surface area contributed by atoms with Crippen LogP contribution in [0, 0.1) is 5.82 Å². The highest BCUT2D eigenvalue weighted by atomic mass is 32.2. The average Bonchev–Trinajstić information content (AvgIpc) is 3.30. The Kier molecular flexibility index (Phi) is 3.71. The lowest BCUT2D eigenvalue weighted by Gasteiger charge is -2.21. The van der Waals surface area contributed by atoms with E-state index in [0.29, 0.717) is 0 Å². The number of rotatable bonds is 6. The molecule has 0 saturated heterocycles. The summed E-state index contributed by atoms with van der Waals surface area (Å²) in [5.41, 5.74) is 0. The maximum atomic E-state index is 13.3. The third-order valence-corrected chi connectivity index (χ3v) is 5.49. The summed E-state index contributed by atoms with van der Waals surface area (Å²) in [6.45, 7) is -0.194. The molecule has 0 spiro atoms. The van der Waals surface area contributed by atoms with Crippen LogP contribution in [0.15, 0.2) is 29.2 Å². The highest BCUT2D eigenvalue weighted by Crippen LogP contribution is 2.32. The number of hydrogen-bond donors (Lipinski definition) is 1. The minimum absolute atomic E-state index is 0.103. The van der Waals surface area contributed by atoms with E-state index in [1.165, 1.54) is 22.5 Å². The molecule has 1 aromatic carbocycles. The van der Waals surface area contributed by atoms with E-state index in [0.717, 1.165) is 31.7 Å². The van der Waals surface area contributed by atoms with E-state index in [2.05, 4.69) is 5.32 Å². The Morgan fingerprint density at radius 3 is 2.57 bits per heavy atom. The largest absolute Gasteiger partial charge is 0.352 e. The van der Waals surface area contributed by atoms with E-state index in [9.17, 15) is 17.6 Å². The van der Waals surface area contributed by atoms with Crippen molar-refractivity contribution in [2.75, 3.05) is 6.54 Å². The maximum absolute atomic E-state index is 13.3. The van der Waals surface area contributed by atoms with Crippen molar-refractivity contribution < 1.29 is 17.6 Å². The first kappa shape index (κ1) is 14.5. The number of halogens is 1. The molecule has 2 saturated carbocycles. The number of nitrogens with one attached hydrogen (secondary N) is 1. The maximum Gasteiger partial charge on any atom is 0.243 e. The zero-order valence-corrected chi connectivity index (χ0v) is 12.3. The first-order valence-corrected chi connectivity index (χ1v) is 8.47. The predicted octanol–water partition coefficient (Wildman–Crippen LogP) is 1.26. The van der Waals surface area contributed by atoms with E-state index in [1.807, 2.05) is 0 Å². The number of sulfonamides is 1. The number of nitrogens with zero attached hydrogens (tertiary/aromatic N) is 1. The van der Waals surface area contributed by atoms with Crippen LogP contribution >= 0.6 is 0 Å². The van der Waals surface area contributed by atoms with Gasteiger partial charge in [0, 0.05) is 12.1 Å². The van der Waals surface area contributed by atoms with Gasteiger partial charge in [0.25, 0.3) is 0 Å². The van der Waals surface area contributed by atoms with E-state index >= 15 is 0 Å². The minimum atomic E-state index is -3.84. The van der Waals surface area contributed by atoms with Crippen LogP contribution < -0.4 is 5.32 Å². The van der Waals surface area contributed by atoms with Crippen LogP contribution in [0.25, 0.3) is 0 Å². The second-order valence-corrected chi connectivity index (χ2v) is 7.47. The predicted molar refractivity (Wildman–Crippen MR) is 74.5 cm³/mol. The molecule has 1 N–H and O–H groups in total. The summed E-state index contributed by atoms with van der Waals surface area (Å²) in [7, 11) is -3.84. The Labute approximate surface area is 123 Å². The minimum Gasteiger partial charge on any atom is -0.352 e. The molecule has 0 atom stereocenters. The summed E-state index contributed by atoms with van der Waals surface area (Å²) in [6, 6.07) is 4.94. The molecule has 2 fully saturated rings. The Morgan fingerprint density at radius 2 is 2.00 bits per heavy atom. The van der Waals surface area contributed by atoms with Gasteiger partial charge in [-0.25, -0.2) is 12.8 Å². The van der Waals surface area contributed by atoms with E-state index in [1.54, 1.807) is 0 Å². The monoisotopic (exact) mass is 312 g/mol. The van der Waals surface area contributed by atoms with Gasteiger partial charge < -0.3 is 5.32 Å². The van der Waals surface area contributed by atoms with E-state index in [4.69, 9.17) is 0 Å². The average molecular weight is 312 g/mol. The van der Waals surface area contributed by atoms with Gasteiger partial charge in [-0.2, -0.15) is 4.31 Å². The number of carbonyl (C=O) groups is 1. The lowest BCUT2D eigenvalue weighted by Crippen LogP contribution is -2.42. The molecule has 114 valence electrons. The molecule has 0 aliphatic heterocycles. The van der Waals surface area contributed by atoms with Crippen LogP contribution in [0.3, 0.4) is 0 Å². The molecular formula is C14H17FN2O3S. The lowest BCUT2D eigenvalue weighted by atomic mass is 10.4. The van der Waals surface area contributed by atoms with Crippen molar-refractivity contribution >= 4 is 15.9 Å². The molecule has 2 aliphatic rings. The van der Waals surface area contributed by atoms with Gasteiger partial charge in [0.15, 0.2) is 0 Å². The second-order valence-electron chi connectivity index (χ2n) is 5.58. The molecule has 0 heterocycles. The number of benzene rings is 1. The first-order chi connectivity index (χ1) is 9.96. The fourth-order valence-electron chi connectivity index (χ4n) is 2.18. The number of amides is 1. The molecule has 3 rings (SSSR count). The lowest BCUT2D eigenvalue weighted by molar-refractivity contribution is -0.121. The highest BCUT2D eigenvalue weighted by molar-refractivity contribution is 7.89. The summed E-state index contributed by atoms with van der Waals surface area (Å²) in [4.78, 5) is 11.8. The summed E-state index contributed by atoms with van der Waals surface area (Å²) < 4.78 is 39.6. The Hall–Kier alpha value is -1.47. The fourth-order valence-corrected chi connectivity index (χ4v) is 3.85. The summed E-state index contributed by atoms with van der Waals surface area (Å²) in [5, 5.41) is 2.78. The second kappa shape index (κ2) is 5.38. The van der Waals surface area contributed by atoms with Crippen LogP contribution in [-0.2, 0) is 14.8 Å². The van der Waals surface area contributed by atoms with Gasteiger partial charge in [0.2, 0.25) is 15.9 Å². The van der Waals surface area contributed by atoms with Crippen LogP contribution in [0.5, 0.6) is 0 Å². The van der Waals surface area contributed by atoms with Crippen LogP contribution in [0.4, 0.5) is 4.39 Å². The molecule has 0 unspecified atom stereocenters. The first-order valence-electron chi connectivity index (χ1n) is 7.03. The zero-order valence-electron chi connectivity index (χ0n) is 11.5. The molecular weight excluding hydrogens is 295 g/mol. The fraction of sp³-hybridized carbons (Fsp3) is 0.500. The summed E-state index contributed by atoms with van der Waals surface area (Å²) >= 11 is 0. The van der Waals surface area contributed by atoms with Crippen molar-refractivity contribution in [3.63, 3.8) is 0 Å². The van der Waals surface area contributed by atoms with Crippen molar-refractivity contribution in [3.8, 4) is 0 Å². The third-order valence-electron chi connectivity index (χ3n) is 3.60. The van der Waals surface area contributed by atoms with Gasteiger partial charge in [-0.15, -0.1) is 0 Å². The molecule has 7 heteroatoms. The molecule has 0 aromatic heterocycles. The molecule has 21 heavy (non-hydrogen) atoms.